The van der Waals surface area contributed by atoms with Crippen molar-refractivity contribution < 1.29 is 4.74 Å². The molecular weight excluding hydrogens is 306 g/mol. The van der Waals surface area contributed by atoms with Crippen LogP contribution in [0.5, 0.6) is 5.75 Å². The summed E-state index contributed by atoms with van der Waals surface area (Å²) < 4.78 is 6.88. The van der Waals surface area contributed by atoms with Crippen molar-refractivity contribution in [3.05, 3.63) is 30.5 Å². The Hall–Kier alpha value is -2.74. The van der Waals surface area contributed by atoms with Crippen molar-refractivity contribution in [2.45, 2.75) is 31.3 Å². The van der Waals surface area contributed by atoms with Gasteiger partial charge in [0.15, 0.2) is 11.2 Å². The summed E-state index contributed by atoms with van der Waals surface area (Å²) in [6.07, 6.45) is 4.70. The minimum Gasteiger partial charge on any atom is -0.497 e. The number of benzene rings is 1. The lowest BCUT2D eigenvalue weighted by Crippen LogP contribution is -2.21. The molecule has 4 rings (SSSR count). The van der Waals surface area contributed by atoms with Crippen molar-refractivity contribution in [2.24, 2.45) is 5.73 Å². The van der Waals surface area contributed by atoms with E-state index in [0.717, 1.165) is 30.7 Å². The predicted molar refractivity (Wildman–Crippen MR) is 90.2 cm³/mol. The van der Waals surface area contributed by atoms with Crippen LogP contribution >= 0.6 is 0 Å². The number of hydrogen-bond acceptors (Lipinski definition) is 7. The Morgan fingerprint density at radius 1 is 1.25 bits per heavy atom. The zero-order valence-corrected chi connectivity index (χ0v) is 13.4. The largest absolute Gasteiger partial charge is 0.497 e. The normalized spacial score (nSPS) is 20.4. The first-order valence-electron chi connectivity index (χ1n) is 7.98. The number of nitrogens with one attached hydrogen (secondary N) is 1. The molecule has 0 radical (unpaired) electrons. The topological polar surface area (TPSA) is 104 Å². The number of anilines is 1. The smallest absolute Gasteiger partial charge is 0.225 e. The van der Waals surface area contributed by atoms with E-state index in [1.54, 1.807) is 18.0 Å². The van der Waals surface area contributed by atoms with Crippen LogP contribution in [0.3, 0.4) is 0 Å². The summed E-state index contributed by atoms with van der Waals surface area (Å²) in [5.41, 5.74) is 8.15. The van der Waals surface area contributed by atoms with E-state index >= 15 is 0 Å². The summed E-state index contributed by atoms with van der Waals surface area (Å²) in [5.74, 6) is 1.37. The number of ether oxygens (including phenoxy) is 1. The van der Waals surface area contributed by atoms with Gasteiger partial charge in [0.1, 0.15) is 5.75 Å². The molecule has 2 heterocycles. The van der Waals surface area contributed by atoms with Gasteiger partial charge in [-0.1, -0.05) is 5.21 Å². The quantitative estimate of drug-likeness (QED) is 0.749. The van der Waals surface area contributed by atoms with E-state index in [4.69, 9.17) is 10.5 Å². The first-order valence-corrected chi connectivity index (χ1v) is 7.98. The van der Waals surface area contributed by atoms with Crippen molar-refractivity contribution in [3.63, 3.8) is 0 Å². The first-order chi connectivity index (χ1) is 11.7. The maximum atomic E-state index is 5.96. The van der Waals surface area contributed by atoms with Gasteiger partial charge in [0.25, 0.3) is 0 Å². The highest BCUT2D eigenvalue weighted by molar-refractivity contribution is 5.72. The molecule has 124 valence electrons. The third-order valence-electron chi connectivity index (χ3n) is 4.32. The summed E-state index contributed by atoms with van der Waals surface area (Å²) in [5, 5.41) is 11.7. The number of aromatic nitrogens is 5. The predicted octanol–water partition coefficient (Wildman–Crippen LogP) is 1.51. The Morgan fingerprint density at radius 3 is 2.79 bits per heavy atom. The van der Waals surface area contributed by atoms with Crippen LogP contribution in [0.25, 0.3) is 16.9 Å². The minimum absolute atomic E-state index is 0.262. The van der Waals surface area contributed by atoms with Gasteiger partial charge >= 0.3 is 0 Å². The number of fused-ring (bicyclic) bond motifs is 1. The second kappa shape index (κ2) is 6.04. The van der Waals surface area contributed by atoms with Crippen molar-refractivity contribution in [3.8, 4) is 11.4 Å². The van der Waals surface area contributed by atoms with Gasteiger partial charge in [-0.2, -0.15) is 9.67 Å². The summed E-state index contributed by atoms with van der Waals surface area (Å²) in [4.78, 5) is 8.92. The summed E-state index contributed by atoms with van der Waals surface area (Å²) >= 11 is 0. The molecule has 2 aromatic heterocycles. The van der Waals surface area contributed by atoms with Gasteiger partial charge in [-0.25, -0.2) is 4.98 Å². The Kier molecular flexibility index (Phi) is 3.73. The lowest BCUT2D eigenvalue weighted by atomic mass is 10.2. The Morgan fingerprint density at radius 2 is 2.08 bits per heavy atom. The monoisotopic (exact) mass is 325 g/mol. The number of rotatable bonds is 4. The molecule has 0 aliphatic heterocycles. The zero-order chi connectivity index (χ0) is 16.5. The molecule has 3 aromatic rings. The van der Waals surface area contributed by atoms with Gasteiger partial charge in [-0.3, -0.25) is 0 Å². The van der Waals surface area contributed by atoms with E-state index in [1.165, 1.54) is 0 Å². The van der Waals surface area contributed by atoms with Crippen molar-refractivity contribution in [1.82, 2.24) is 25.0 Å². The highest BCUT2D eigenvalue weighted by atomic mass is 16.5. The molecule has 2 atom stereocenters. The standard InChI is InChI=1S/C16H19N7O/c1-24-13-6-4-12(5-7-13)23-15-14(21-22-23)9-18-16(20-15)19-11-3-2-10(17)8-11/h4-7,9-11H,2-3,8,17H2,1H3,(H,18,19,20)/t10-,11+/m1/s1. The third-order valence-corrected chi connectivity index (χ3v) is 4.32. The van der Waals surface area contributed by atoms with Crippen LogP contribution in [0.1, 0.15) is 19.3 Å². The molecule has 0 unspecified atom stereocenters. The van der Waals surface area contributed by atoms with Crippen LogP contribution in [0.2, 0.25) is 0 Å². The SMILES string of the molecule is COc1ccc(-n2nnc3cnc(N[C@H]4CC[C@@H](N)C4)nc32)cc1. The van der Waals surface area contributed by atoms with Crippen LogP contribution in [0, 0.1) is 0 Å². The van der Waals surface area contributed by atoms with E-state index in [2.05, 4.69) is 25.6 Å². The molecule has 1 aliphatic rings. The van der Waals surface area contributed by atoms with Gasteiger partial charge in [0.05, 0.1) is 19.0 Å². The molecule has 0 spiro atoms. The van der Waals surface area contributed by atoms with Gasteiger partial charge in [-0.15, -0.1) is 5.10 Å². The maximum Gasteiger partial charge on any atom is 0.225 e. The van der Waals surface area contributed by atoms with Crippen molar-refractivity contribution in [1.29, 1.82) is 0 Å². The average Bonchev–Trinajstić information content (AvgIpc) is 3.21. The summed E-state index contributed by atoms with van der Waals surface area (Å²) in [7, 11) is 1.64. The maximum absolute atomic E-state index is 5.96. The van der Waals surface area contributed by atoms with Crippen molar-refractivity contribution >= 4 is 17.1 Å². The van der Waals surface area contributed by atoms with Crippen molar-refractivity contribution in [2.75, 3.05) is 12.4 Å². The zero-order valence-electron chi connectivity index (χ0n) is 13.4. The van der Waals surface area contributed by atoms with Gasteiger partial charge < -0.3 is 15.8 Å². The molecule has 1 fully saturated rings. The molecule has 1 aliphatic carbocycles. The van der Waals surface area contributed by atoms with Crippen LogP contribution in [-0.4, -0.2) is 44.2 Å². The van der Waals surface area contributed by atoms with E-state index in [0.29, 0.717) is 23.2 Å². The van der Waals surface area contributed by atoms with Gasteiger partial charge in [0.2, 0.25) is 5.95 Å². The van der Waals surface area contributed by atoms with Crippen LogP contribution in [0.4, 0.5) is 5.95 Å². The van der Waals surface area contributed by atoms with E-state index < -0.39 is 0 Å². The number of nitrogens with zero attached hydrogens (tertiary/aromatic N) is 5. The lowest BCUT2D eigenvalue weighted by molar-refractivity contribution is 0.414. The van der Waals surface area contributed by atoms with Crippen LogP contribution < -0.4 is 15.8 Å². The van der Waals surface area contributed by atoms with E-state index in [1.807, 2.05) is 24.3 Å². The average molecular weight is 325 g/mol. The number of methoxy groups -OCH3 is 1. The molecule has 1 saturated carbocycles. The number of hydrogen-bond donors (Lipinski definition) is 2. The fourth-order valence-electron chi connectivity index (χ4n) is 3.03. The highest BCUT2D eigenvalue weighted by Crippen LogP contribution is 2.22. The fourth-order valence-corrected chi connectivity index (χ4v) is 3.03. The molecule has 0 saturated heterocycles. The highest BCUT2D eigenvalue weighted by Gasteiger charge is 2.22. The molecule has 1 aromatic carbocycles. The van der Waals surface area contributed by atoms with Gasteiger partial charge in [0, 0.05) is 12.1 Å². The third kappa shape index (κ3) is 2.76. The van der Waals surface area contributed by atoms with Crippen LogP contribution in [-0.2, 0) is 0 Å². The minimum atomic E-state index is 0.262. The Balaban J connectivity index is 1.65. The molecule has 0 amide bonds. The second-order valence-electron chi connectivity index (χ2n) is 6.02. The number of nitrogens with two attached hydrogens (primary N) is 1. The summed E-state index contributed by atoms with van der Waals surface area (Å²) in [6.45, 7) is 0. The molecule has 8 heteroatoms. The van der Waals surface area contributed by atoms with Gasteiger partial charge in [-0.05, 0) is 43.5 Å². The fraction of sp³-hybridized carbons (Fsp3) is 0.375. The van der Waals surface area contributed by atoms with Crippen LogP contribution in [0.15, 0.2) is 30.5 Å². The second-order valence-corrected chi connectivity index (χ2v) is 6.02. The molecule has 0 bridgehead atoms. The Labute approximate surface area is 139 Å². The van der Waals surface area contributed by atoms with E-state index in [9.17, 15) is 0 Å². The summed E-state index contributed by atoms with van der Waals surface area (Å²) in [6, 6.07) is 8.17. The Bertz CT molecular complexity index is 845. The molecule has 8 nitrogen and oxygen atoms in total. The molecule has 3 N–H and O–H groups in total. The molecular formula is C16H19N7O. The molecule has 24 heavy (non-hydrogen) atoms. The first kappa shape index (κ1) is 14.8. The lowest BCUT2D eigenvalue weighted by Gasteiger charge is -2.12. The van der Waals surface area contributed by atoms with E-state index in [-0.39, 0.29) is 6.04 Å².